The summed E-state index contributed by atoms with van der Waals surface area (Å²) in [5.74, 6) is -2.01. The van der Waals surface area contributed by atoms with Gasteiger partial charge in [-0.15, -0.1) is 0 Å². The van der Waals surface area contributed by atoms with Crippen LogP contribution in [0.5, 0.6) is 34.5 Å². The number of carbonyl (C=O) groups excluding carboxylic acids is 7. The number of rotatable bonds is 50. The molecule has 0 aliphatic heterocycles. The minimum atomic E-state index is -0.868. The molecule has 0 aromatic heterocycles. The van der Waals surface area contributed by atoms with Crippen LogP contribution < -0.4 is 28.4 Å². The van der Waals surface area contributed by atoms with Crippen molar-refractivity contribution in [3.05, 3.63) is 181 Å². The van der Waals surface area contributed by atoms with Crippen molar-refractivity contribution in [3.63, 3.8) is 0 Å². The van der Waals surface area contributed by atoms with Gasteiger partial charge in [0.15, 0.2) is 0 Å². The van der Waals surface area contributed by atoms with E-state index in [4.69, 9.17) is 47.4 Å². The van der Waals surface area contributed by atoms with E-state index in [0.717, 1.165) is 167 Å². The summed E-state index contributed by atoms with van der Waals surface area (Å²) in [4.78, 5) is 87.5. The van der Waals surface area contributed by atoms with Crippen LogP contribution >= 0.6 is 0 Å². The lowest BCUT2D eigenvalue weighted by Gasteiger charge is -2.13. The molecule has 0 atom stereocenters. The zero-order chi connectivity index (χ0) is 66.4. The number of hydrogen-bond acceptors (Lipinski definition) is 17. The van der Waals surface area contributed by atoms with Gasteiger partial charge in [0.05, 0.1) is 56.3 Å². The summed E-state index contributed by atoms with van der Waals surface area (Å²) in [7, 11) is 0. The third kappa shape index (κ3) is 32.2. The highest BCUT2D eigenvalue weighted by Gasteiger charge is 2.22. The average molecular weight is 1280 g/mol. The van der Waals surface area contributed by atoms with Gasteiger partial charge in [0.1, 0.15) is 46.7 Å². The number of ether oxygens (including phenoxy) is 10. The summed E-state index contributed by atoms with van der Waals surface area (Å²) >= 11 is 0. The molecule has 0 aliphatic carbocycles. The molecule has 0 aliphatic rings. The number of unbranched alkanes of at least 4 members (excludes halogenated alkanes) is 23. The van der Waals surface area contributed by atoms with E-state index in [2.05, 4.69) is 19.7 Å². The summed E-state index contributed by atoms with van der Waals surface area (Å²) in [6, 6.07) is 30.4. The molecule has 0 spiro atoms. The van der Waals surface area contributed by atoms with E-state index in [1.165, 1.54) is 36.4 Å². The number of hydrogen-bond donors (Lipinski definition) is 0. The Hall–Kier alpha value is -8.99. The van der Waals surface area contributed by atoms with Crippen LogP contribution in [0, 0.1) is 0 Å². The Morgan fingerprint density at radius 2 is 0.559 bits per heavy atom. The normalized spacial score (nSPS) is 10.7. The molecule has 93 heavy (non-hydrogen) atoms. The fourth-order valence-corrected chi connectivity index (χ4v) is 9.67. The number of esters is 7. The lowest BCUT2D eigenvalue weighted by Crippen LogP contribution is -2.14. The zero-order valence-electron chi connectivity index (χ0n) is 54.1. The van der Waals surface area contributed by atoms with Crippen molar-refractivity contribution >= 4 is 41.8 Å². The minimum absolute atomic E-state index is 0.000372. The first-order valence-electron chi connectivity index (χ1n) is 33.1. The number of carbonyl (C=O) groups is 7. The van der Waals surface area contributed by atoms with Crippen LogP contribution in [0.3, 0.4) is 0 Å². The van der Waals surface area contributed by atoms with E-state index in [0.29, 0.717) is 68.0 Å². The molecule has 0 saturated carbocycles. The van der Waals surface area contributed by atoms with E-state index in [1.807, 2.05) is 0 Å². The molecule has 0 saturated heterocycles. The lowest BCUT2D eigenvalue weighted by molar-refractivity contribution is -0.138. The van der Waals surface area contributed by atoms with E-state index < -0.39 is 23.9 Å². The Morgan fingerprint density at radius 3 is 0.892 bits per heavy atom. The first kappa shape index (κ1) is 74.7. The first-order chi connectivity index (χ1) is 45.4. The summed E-state index contributed by atoms with van der Waals surface area (Å²) in [5, 5.41) is 0. The van der Waals surface area contributed by atoms with Gasteiger partial charge in [-0.2, -0.15) is 0 Å². The maximum absolute atomic E-state index is 13.9. The quantitative estimate of drug-likeness (QED) is 0.0116. The molecule has 17 nitrogen and oxygen atoms in total. The molecule has 0 amide bonds. The fourth-order valence-electron chi connectivity index (χ4n) is 9.67. The van der Waals surface area contributed by atoms with Gasteiger partial charge in [-0.05, 0) is 147 Å². The third-order valence-electron chi connectivity index (χ3n) is 15.0. The second kappa shape index (κ2) is 46.1. The molecule has 5 aromatic carbocycles. The largest absolute Gasteiger partial charge is 0.494 e. The van der Waals surface area contributed by atoms with Crippen LogP contribution in [-0.4, -0.2) is 81.4 Å². The highest BCUT2D eigenvalue weighted by Crippen LogP contribution is 2.29. The van der Waals surface area contributed by atoms with Crippen LogP contribution in [0.15, 0.2) is 153 Å². The van der Waals surface area contributed by atoms with Gasteiger partial charge in [-0.25, -0.2) is 33.6 Å². The molecule has 0 fully saturated rings. The van der Waals surface area contributed by atoms with Crippen molar-refractivity contribution in [2.45, 2.75) is 174 Å². The molecule has 500 valence electrons. The highest BCUT2D eigenvalue weighted by atomic mass is 16.6. The monoisotopic (exact) mass is 1280 g/mol. The van der Waals surface area contributed by atoms with E-state index in [-0.39, 0.29) is 58.5 Å². The van der Waals surface area contributed by atoms with E-state index in [9.17, 15) is 33.6 Å². The first-order valence-corrected chi connectivity index (χ1v) is 33.1. The Morgan fingerprint density at radius 1 is 0.280 bits per heavy atom. The smallest absolute Gasteiger partial charge is 0.343 e. The number of benzene rings is 5. The Kier molecular flexibility index (Phi) is 37.1. The van der Waals surface area contributed by atoms with Gasteiger partial charge in [0.2, 0.25) is 0 Å². The summed E-state index contributed by atoms with van der Waals surface area (Å²) in [6.07, 6.45) is 30.8. The molecular weight excluding hydrogens is 1180 g/mol. The Labute approximate surface area is 549 Å². The zero-order valence-corrected chi connectivity index (χ0v) is 54.1. The summed E-state index contributed by atoms with van der Waals surface area (Å²) in [5.41, 5.74) is 1.17. The van der Waals surface area contributed by atoms with Crippen molar-refractivity contribution in [2.24, 2.45) is 0 Å². The van der Waals surface area contributed by atoms with E-state index >= 15 is 0 Å². The predicted molar refractivity (Wildman–Crippen MR) is 356 cm³/mol. The van der Waals surface area contributed by atoms with Crippen molar-refractivity contribution in [1.29, 1.82) is 0 Å². The van der Waals surface area contributed by atoms with Gasteiger partial charge in [-0.1, -0.05) is 160 Å². The maximum atomic E-state index is 13.9. The SMILES string of the molecule is C=CC(=O)OCCCCCCCCCCCOc1ccc(C(=O)Oc2ccc(OC(=O)c3ccc(OCCCCCCCCCCCOC(=O)C=C)cc3)c(C(=O)OCc3ccc(OC(=O)c4ccc(OCCCCCCCCCCOC(=O)C=C)cc4)cc3)c2)cc1. The van der Waals surface area contributed by atoms with Crippen LogP contribution in [0.1, 0.15) is 214 Å². The van der Waals surface area contributed by atoms with Crippen LogP contribution in [-0.2, 0) is 39.9 Å². The van der Waals surface area contributed by atoms with Crippen molar-refractivity contribution < 1.29 is 80.9 Å². The third-order valence-corrected chi connectivity index (χ3v) is 15.0. The van der Waals surface area contributed by atoms with Crippen LogP contribution in [0.25, 0.3) is 0 Å². The molecule has 5 aromatic rings. The second-order valence-corrected chi connectivity index (χ2v) is 22.5. The van der Waals surface area contributed by atoms with Gasteiger partial charge < -0.3 is 47.4 Å². The maximum Gasteiger partial charge on any atom is 0.343 e. The molecule has 0 radical (unpaired) electrons. The Balaban J connectivity index is 1.08. The van der Waals surface area contributed by atoms with Gasteiger partial charge in [0, 0.05) is 18.2 Å². The topological polar surface area (TPSA) is 212 Å². The fraction of sp³-hybridized carbons (Fsp3) is 0.434. The van der Waals surface area contributed by atoms with E-state index in [1.54, 1.807) is 97.1 Å². The predicted octanol–water partition coefficient (Wildman–Crippen LogP) is 17.2. The highest BCUT2D eigenvalue weighted by molar-refractivity contribution is 5.97. The average Bonchev–Trinajstić information content (AvgIpc) is 1.48. The van der Waals surface area contributed by atoms with Gasteiger partial charge in [0.25, 0.3) is 0 Å². The second-order valence-electron chi connectivity index (χ2n) is 22.5. The van der Waals surface area contributed by atoms with Gasteiger partial charge >= 0.3 is 41.8 Å². The van der Waals surface area contributed by atoms with Crippen molar-refractivity contribution in [3.8, 4) is 34.5 Å². The molecule has 5 rings (SSSR count). The van der Waals surface area contributed by atoms with Crippen molar-refractivity contribution in [2.75, 3.05) is 39.6 Å². The standard InChI is InChI=1S/C76H94O17/c1-4-70(77)87-54-30-24-18-11-7-9-15-21-27-51-85-64-45-37-61(38-46-64)74(81)92-67-49-50-69(93-75(82)62-39-47-65(48-40-62)86-53-28-22-16-10-8-12-19-25-31-55-88-71(78)5-2)68(57-67)76(83)90-58-59-33-41-66(42-34-59)91-73(80)60-35-43-63(44-36-60)84-52-29-23-17-13-14-20-26-32-56-89-72(79)6-3/h4-6,33-50,57H,1-3,7-32,51-56,58H2. The summed E-state index contributed by atoms with van der Waals surface area (Å²) in [6.45, 7) is 12.9. The molecule has 17 heteroatoms. The molecule has 0 bridgehead atoms. The molecule has 0 N–H and O–H groups in total. The molecule has 0 heterocycles. The van der Waals surface area contributed by atoms with Crippen molar-refractivity contribution in [1.82, 2.24) is 0 Å². The summed E-state index contributed by atoms with van der Waals surface area (Å²) < 4.78 is 55.7. The Bertz CT molecular complexity index is 3040. The molecular formula is C76H94O17. The lowest BCUT2D eigenvalue weighted by atomic mass is 10.1. The van der Waals surface area contributed by atoms with Crippen LogP contribution in [0.4, 0.5) is 0 Å². The molecule has 0 unspecified atom stereocenters. The minimum Gasteiger partial charge on any atom is -0.494 e. The van der Waals surface area contributed by atoms with Crippen LogP contribution in [0.2, 0.25) is 0 Å². The van der Waals surface area contributed by atoms with Gasteiger partial charge in [-0.3, -0.25) is 0 Å².